The maximum atomic E-state index is 12.3. The predicted octanol–water partition coefficient (Wildman–Crippen LogP) is 11.4. The molecule has 0 amide bonds. The molecule has 0 aromatic heterocycles. The Labute approximate surface area is 324 Å². The lowest BCUT2D eigenvalue weighted by molar-refractivity contribution is -0.401. The second-order valence-corrected chi connectivity index (χ2v) is 17.9. The van der Waals surface area contributed by atoms with Gasteiger partial charge in [-0.15, -0.1) is 0 Å². The summed E-state index contributed by atoms with van der Waals surface area (Å²) in [4.78, 5) is 2.19. The molecular weight excluding hydrogens is 708 g/mol. The van der Waals surface area contributed by atoms with Crippen molar-refractivity contribution < 1.29 is 17.5 Å². The van der Waals surface area contributed by atoms with Crippen LogP contribution in [0.2, 0.25) is 0 Å². The van der Waals surface area contributed by atoms with Crippen LogP contribution in [0.3, 0.4) is 0 Å². The molecular formula is C47H46ClN2O3S+. The molecule has 0 saturated heterocycles. The number of halogens is 1. The average Bonchev–Trinajstić information content (AvgIpc) is 3.46. The van der Waals surface area contributed by atoms with Crippen LogP contribution in [0.4, 0.5) is 11.4 Å². The lowest BCUT2D eigenvalue weighted by Crippen LogP contribution is -2.27. The molecule has 0 radical (unpaired) electrons. The van der Waals surface area contributed by atoms with Gasteiger partial charge in [0.1, 0.15) is 7.05 Å². The van der Waals surface area contributed by atoms with Crippen molar-refractivity contribution in [2.45, 2.75) is 69.1 Å². The van der Waals surface area contributed by atoms with Gasteiger partial charge >= 0.3 is 0 Å². The fourth-order valence-electron chi connectivity index (χ4n) is 9.46. The zero-order chi connectivity index (χ0) is 38.3. The Morgan fingerprint density at radius 2 is 1.46 bits per heavy atom. The van der Waals surface area contributed by atoms with Gasteiger partial charge in [0.25, 0.3) is 10.1 Å². The van der Waals surface area contributed by atoms with Gasteiger partial charge in [0.2, 0.25) is 5.69 Å². The van der Waals surface area contributed by atoms with Crippen LogP contribution in [0.25, 0.3) is 21.5 Å². The molecule has 0 bridgehead atoms. The number of likely N-dealkylation sites (N-methyl/N-ethyl adjacent to an activating group) is 1. The molecule has 54 heavy (non-hydrogen) atoms. The predicted molar refractivity (Wildman–Crippen MR) is 224 cm³/mol. The Bertz CT molecular complexity index is 2690. The van der Waals surface area contributed by atoms with Crippen LogP contribution in [0.1, 0.15) is 68.7 Å². The molecule has 0 fully saturated rings. The second kappa shape index (κ2) is 12.9. The summed E-state index contributed by atoms with van der Waals surface area (Å²) in [6.07, 6.45) is 9.98. The topological polar surface area (TPSA) is 60.6 Å². The summed E-state index contributed by atoms with van der Waals surface area (Å²) in [6.45, 7) is 11.1. The van der Waals surface area contributed by atoms with Gasteiger partial charge in [-0.3, -0.25) is 4.55 Å². The third-order valence-corrected chi connectivity index (χ3v) is 13.5. The molecule has 1 aliphatic carbocycles. The van der Waals surface area contributed by atoms with Crippen molar-refractivity contribution in [3.8, 4) is 0 Å². The van der Waals surface area contributed by atoms with Gasteiger partial charge in [0.15, 0.2) is 5.71 Å². The molecule has 5 nitrogen and oxygen atoms in total. The number of aryl methyl sites for hydroxylation is 1. The van der Waals surface area contributed by atoms with Crippen molar-refractivity contribution in [2.24, 2.45) is 0 Å². The van der Waals surface area contributed by atoms with Gasteiger partial charge < -0.3 is 4.90 Å². The summed E-state index contributed by atoms with van der Waals surface area (Å²) in [5.41, 5.74) is 10.7. The molecule has 1 atom stereocenters. The third kappa shape index (κ3) is 5.78. The van der Waals surface area contributed by atoms with E-state index in [9.17, 15) is 13.0 Å². The first-order chi connectivity index (χ1) is 25.6. The maximum absolute atomic E-state index is 12.3. The highest BCUT2D eigenvalue weighted by Gasteiger charge is 2.44. The summed E-state index contributed by atoms with van der Waals surface area (Å²) in [5.74, 6) is -0.0607. The van der Waals surface area contributed by atoms with Crippen molar-refractivity contribution in [3.05, 3.63) is 159 Å². The van der Waals surface area contributed by atoms with E-state index in [1.165, 1.54) is 61.5 Å². The summed E-state index contributed by atoms with van der Waals surface area (Å²) >= 11 is 7.42. The number of rotatable bonds is 5. The molecule has 7 heteroatoms. The third-order valence-electron chi connectivity index (χ3n) is 12.2. The van der Waals surface area contributed by atoms with Gasteiger partial charge in [-0.05, 0) is 119 Å². The molecule has 0 spiro atoms. The van der Waals surface area contributed by atoms with Crippen molar-refractivity contribution in [1.29, 1.82) is 0 Å². The zero-order valence-corrected chi connectivity index (χ0v) is 33.5. The van der Waals surface area contributed by atoms with E-state index >= 15 is 0 Å². The Morgan fingerprint density at radius 1 is 0.815 bits per heavy atom. The number of nitrogens with zero attached hydrogens (tertiary/aromatic N) is 2. The molecule has 5 aromatic carbocycles. The monoisotopic (exact) mass is 753 g/mol. The number of fused-ring (bicyclic) bond motifs is 6. The SMILES string of the molecule is Cc1ccc(S(=O)(=O)O)cc1C1CC(/C=C/C2=[N+](C)c3ccc4ccccc4c3C2(C)C)=C(Cl)C(=C/C=C2/N(C)c3ccc4ccccc4c3C2(C)C)/C1. The minimum absolute atomic E-state index is 0.0607. The van der Waals surface area contributed by atoms with E-state index in [1.54, 1.807) is 12.1 Å². The Balaban J connectivity index is 1.23. The zero-order valence-electron chi connectivity index (χ0n) is 31.9. The first kappa shape index (κ1) is 36.2. The fourth-order valence-corrected chi connectivity index (χ4v) is 10.3. The van der Waals surface area contributed by atoms with Crippen molar-refractivity contribution in [1.82, 2.24) is 0 Å². The van der Waals surface area contributed by atoms with Crippen LogP contribution < -0.4 is 4.90 Å². The number of hydrogen-bond donors (Lipinski definition) is 1. The highest BCUT2D eigenvalue weighted by atomic mass is 35.5. The van der Waals surface area contributed by atoms with E-state index in [-0.39, 0.29) is 21.6 Å². The Kier molecular flexibility index (Phi) is 8.68. The molecule has 1 unspecified atom stereocenters. The number of hydrogen-bond acceptors (Lipinski definition) is 3. The van der Waals surface area contributed by atoms with Crippen molar-refractivity contribution in [3.63, 3.8) is 0 Å². The maximum Gasteiger partial charge on any atom is 0.294 e. The number of anilines is 1. The summed E-state index contributed by atoms with van der Waals surface area (Å²) in [6, 6.07) is 30.8. The first-order valence-electron chi connectivity index (χ1n) is 18.5. The van der Waals surface area contributed by atoms with Crippen LogP contribution in [0, 0.1) is 6.92 Å². The summed E-state index contributed by atoms with van der Waals surface area (Å²) < 4.78 is 36.8. The van der Waals surface area contributed by atoms with Gasteiger partial charge in [0.05, 0.1) is 10.3 Å². The molecule has 8 rings (SSSR count). The van der Waals surface area contributed by atoms with Crippen molar-refractivity contribution >= 4 is 60.4 Å². The van der Waals surface area contributed by atoms with E-state index < -0.39 is 10.1 Å². The fraction of sp³-hybridized carbons (Fsp3) is 0.255. The van der Waals surface area contributed by atoms with Crippen LogP contribution in [0.5, 0.6) is 0 Å². The van der Waals surface area contributed by atoms with E-state index in [4.69, 9.17) is 11.6 Å². The highest BCUT2D eigenvalue weighted by Crippen LogP contribution is 2.51. The van der Waals surface area contributed by atoms with E-state index in [0.717, 1.165) is 22.3 Å². The summed E-state index contributed by atoms with van der Waals surface area (Å²) in [7, 11) is -0.115. The molecule has 5 aromatic rings. The standard InChI is InChI=1S/C47H45ClN2O3S/c1-29-16-21-35(54(51,52)53)28-38(29)34-26-32(19-24-41-46(2,3)43-36-14-10-8-12-30(36)17-22-39(43)49(41)6)45(48)33(27-34)20-25-42-47(4,5)44-37-15-11-9-13-31(37)18-23-40(44)50(42)7/h8-25,28,34H,26-27H2,1-7H3/p+1. The Hall–Kier alpha value is -4.75. The molecule has 274 valence electrons. The summed E-state index contributed by atoms with van der Waals surface area (Å²) in [5, 5.41) is 5.68. The second-order valence-electron chi connectivity index (χ2n) is 16.1. The van der Waals surface area contributed by atoms with Gasteiger partial charge in [-0.1, -0.05) is 98.3 Å². The molecule has 2 heterocycles. The van der Waals surface area contributed by atoms with E-state index in [2.05, 4.69) is 148 Å². The number of allylic oxidation sites excluding steroid dienone is 8. The van der Waals surface area contributed by atoms with Crippen LogP contribution >= 0.6 is 11.6 Å². The molecule has 2 aliphatic heterocycles. The number of benzene rings is 5. The highest BCUT2D eigenvalue weighted by molar-refractivity contribution is 7.85. The van der Waals surface area contributed by atoms with E-state index in [0.29, 0.717) is 17.9 Å². The quantitative estimate of drug-likeness (QED) is 0.143. The van der Waals surface area contributed by atoms with Gasteiger partial charge in [-0.25, -0.2) is 0 Å². The Morgan fingerprint density at radius 3 is 2.15 bits per heavy atom. The lowest BCUT2D eigenvalue weighted by Gasteiger charge is -2.28. The molecule has 3 aliphatic rings. The average molecular weight is 754 g/mol. The first-order valence-corrected chi connectivity index (χ1v) is 20.4. The smallest absolute Gasteiger partial charge is 0.294 e. The largest absolute Gasteiger partial charge is 0.347 e. The van der Waals surface area contributed by atoms with Gasteiger partial charge in [-0.2, -0.15) is 13.0 Å². The molecule has 1 N–H and O–H groups in total. The van der Waals surface area contributed by atoms with Gasteiger partial charge in [0, 0.05) is 46.6 Å². The van der Waals surface area contributed by atoms with Crippen LogP contribution in [0.15, 0.2) is 142 Å². The lowest BCUT2D eigenvalue weighted by atomic mass is 9.77. The van der Waals surface area contributed by atoms with Crippen LogP contribution in [-0.2, 0) is 20.9 Å². The van der Waals surface area contributed by atoms with Crippen molar-refractivity contribution in [2.75, 3.05) is 19.0 Å². The van der Waals surface area contributed by atoms with Crippen LogP contribution in [-0.4, -0.2) is 37.4 Å². The normalized spacial score (nSPS) is 21.0. The van der Waals surface area contributed by atoms with E-state index in [1.807, 2.05) is 6.92 Å². The minimum Gasteiger partial charge on any atom is -0.347 e. The minimum atomic E-state index is -4.37. The molecule has 0 saturated carbocycles.